The Bertz CT molecular complexity index is 1320. The van der Waals surface area contributed by atoms with E-state index in [4.69, 9.17) is 15.5 Å². The maximum atomic E-state index is 14.9. The van der Waals surface area contributed by atoms with Gasteiger partial charge in [-0.2, -0.15) is 0 Å². The Hall–Kier alpha value is -2.89. The van der Waals surface area contributed by atoms with Crippen LogP contribution >= 0.6 is 11.3 Å². The lowest BCUT2D eigenvalue weighted by atomic mass is 9.80. The summed E-state index contributed by atoms with van der Waals surface area (Å²) in [4.78, 5) is 51.6. The minimum Gasteiger partial charge on any atom is -0.366 e. The third-order valence-electron chi connectivity index (χ3n) is 9.03. The van der Waals surface area contributed by atoms with Gasteiger partial charge in [-0.1, -0.05) is 18.9 Å². The van der Waals surface area contributed by atoms with E-state index in [9.17, 15) is 18.8 Å². The number of nitrogens with zero attached hydrogens (tertiary/aromatic N) is 4. The van der Waals surface area contributed by atoms with Crippen LogP contribution in [0.3, 0.4) is 0 Å². The summed E-state index contributed by atoms with van der Waals surface area (Å²) >= 11 is 1.64. The van der Waals surface area contributed by atoms with Gasteiger partial charge in [0.25, 0.3) is 0 Å². The summed E-state index contributed by atoms with van der Waals surface area (Å²) in [6.07, 6.45) is 1.23. The number of alkyl halides is 1. The molecule has 0 bridgehead atoms. The quantitative estimate of drug-likeness (QED) is 0.570. The number of halogens is 1. The molecule has 40 heavy (non-hydrogen) atoms. The van der Waals surface area contributed by atoms with Crippen LogP contribution in [0.1, 0.15) is 52.4 Å². The van der Waals surface area contributed by atoms with Gasteiger partial charge in [0.15, 0.2) is 10.9 Å². The molecule has 0 radical (unpaired) electrons. The molecule has 1 aromatic heterocycles. The van der Waals surface area contributed by atoms with Gasteiger partial charge in [0.1, 0.15) is 24.9 Å². The number of aryl methyl sites for hydroxylation is 1. The number of carbonyl (C=O) groups is 3. The fraction of sp³-hybridized carbons (Fsp3) is 0.586. The second-order valence-electron chi connectivity index (χ2n) is 11.6. The lowest BCUT2D eigenvalue weighted by molar-refractivity contribution is -0.138. The SMILES string of the molecule is Cc1sc(N2CCN(C)CC2)nc1-c1ccc(C(N)=O)c([C@@H](C(=O)N2C[C@@H](F)[C@H]3OCC(=O)[C@H]32)C2CCCC2)c1. The molecule has 1 aromatic carbocycles. The van der Waals surface area contributed by atoms with Crippen molar-refractivity contribution >= 4 is 34.1 Å². The predicted octanol–water partition coefficient (Wildman–Crippen LogP) is 2.76. The molecule has 2 amide bonds. The molecule has 2 N–H and O–H groups in total. The number of primary amides is 1. The van der Waals surface area contributed by atoms with Crippen LogP contribution in [0, 0.1) is 12.8 Å². The highest BCUT2D eigenvalue weighted by Gasteiger charge is 2.54. The molecule has 4 atom stereocenters. The highest BCUT2D eigenvalue weighted by Crippen LogP contribution is 2.43. The molecule has 2 aromatic rings. The van der Waals surface area contributed by atoms with E-state index in [0.717, 1.165) is 73.1 Å². The molecule has 4 aliphatic rings. The summed E-state index contributed by atoms with van der Waals surface area (Å²) < 4.78 is 20.3. The number of nitrogens with two attached hydrogens (primary N) is 1. The van der Waals surface area contributed by atoms with Gasteiger partial charge in [-0.15, -0.1) is 11.3 Å². The zero-order chi connectivity index (χ0) is 28.1. The Balaban J connectivity index is 1.39. The molecule has 214 valence electrons. The summed E-state index contributed by atoms with van der Waals surface area (Å²) in [5.41, 5.74) is 8.30. The summed E-state index contributed by atoms with van der Waals surface area (Å²) in [6, 6.07) is 4.49. The van der Waals surface area contributed by atoms with Crippen molar-refractivity contribution in [1.29, 1.82) is 0 Å². The number of Topliss-reactive ketones (excluding diaryl/α,β-unsaturated/α-hetero) is 1. The number of likely N-dealkylation sites (N-methyl/N-ethyl adjacent to an activating group) is 1. The standard InChI is InChI=1S/C29H36FN5O4S/c1-16-24(32-29(40-16)34-11-9-33(2)10-12-34)18-7-8-19(27(31)37)20(13-18)23(17-5-3-4-6-17)28(38)35-14-21(30)26-25(35)22(36)15-39-26/h7-8,13,17,21,23,25-26H,3-6,9-12,14-15H2,1-2H3,(H2,31,37)/t21-,23+,25-,26-/m1/s1. The van der Waals surface area contributed by atoms with Gasteiger partial charge < -0.3 is 25.2 Å². The summed E-state index contributed by atoms with van der Waals surface area (Å²) in [6.45, 7) is 5.42. The number of ether oxygens (including phenoxy) is 1. The van der Waals surface area contributed by atoms with Crippen molar-refractivity contribution in [3.05, 3.63) is 34.2 Å². The van der Waals surface area contributed by atoms with Gasteiger partial charge in [-0.25, -0.2) is 9.37 Å². The van der Waals surface area contributed by atoms with E-state index in [2.05, 4.69) is 16.8 Å². The molecular weight excluding hydrogens is 533 g/mol. The number of benzene rings is 1. The summed E-state index contributed by atoms with van der Waals surface area (Å²) in [7, 11) is 2.12. The van der Waals surface area contributed by atoms with Crippen LogP contribution in [-0.4, -0.2) is 97.1 Å². The van der Waals surface area contributed by atoms with Gasteiger partial charge in [0.2, 0.25) is 11.8 Å². The van der Waals surface area contributed by atoms with Crippen molar-refractivity contribution in [2.75, 3.05) is 51.3 Å². The lowest BCUT2D eigenvalue weighted by Gasteiger charge is -2.32. The van der Waals surface area contributed by atoms with Gasteiger partial charge >= 0.3 is 0 Å². The number of hydrogen-bond acceptors (Lipinski definition) is 8. The van der Waals surface area contributed by atoms with E-state index in [1.165, 1.54) is 4.90 Å². The van der Waals surface area contributed by atoms with Gasteiger partial charge in [0, 0.05) is 42.2 Å². The smallest absolute Gasteiger partial charge is 0.249 e. The number of hydrogen-bond donors (Lipinski definition) is 1. The zero-order valence-electron chi connectivity index (χ0n) is 23.0. The minimum absolute atomic E-state index is 0.0344. The molecule has 4 heterocycles. The molecule has 9 nitrogen and oxygen atoms in total. The second kappa shape index (κ2) is 10.8. The van der Waals surface area contributed by atoms with Crippen LogP contribution in [0.4, 0.5) is 9.52 Å². The highest BCUT2D eigenvalue weighted by molar-refractivity contribution is 7.16. The maximum absolute atomic E-state index is 14.9. The predicted molar refractivity (Wildman–Crippen MR) is 150 cm³/mol. The van der Waals surface area contributed by atoms with Crippen LogP contribution in [0.2, 0.25) is 0 Å². The summed E-state index contributed by atoms with van der Waals surface area (Å²) in [5, 5.41) is 0.960. The van der Waals surface area contributed by atoms with E-state index >= 15 is 0 Å². The molecule has 4 fully saturated rings. The monoisotopic (exact) mass is 569 g/mol. The number of thiazole rings is 1. The van der Waals surface area contributed by atoms with Crippen LogP contribution in [0.25, 0.3) is 11.3 Å². The molecule has 11 heteroatoms. The number of likely N-dealkylation sites (tertiary alicyclic amines) is 1. The van der Waals surface area contributed by atoms with E-state index in [1.54, 1.807) is 17.4 Å². The number of anilines is 1. The molecule has 0 spiro atoms. The Morgan fingerprint density at radius 2 is 1.90 bits per heavy atom. The maximum Gasteiger partial charge on any atom is 0.249 e. The van der Waals surface area contributed by atoms with Crippen molar-refractivity contribution < 1.29 is 23.5 Å². The van der Waals surface area contributed by atoms with Crippen LogP contribution < -0.4 is 10.6 Å². The lowest BCUT2D eigenvalue weighted by Crippen LogP contribution is -2.45. The first-order valence-electron chi connectivity index (χ1n) is 14.2. The summed E-state index contributed by atoms with van der Waals surface area (Å²) in [5.74, 6) is -1.96. The fourth-order valence-electron chi connectivity index (χ4n) is 6.86. The van der Waals surface area contributed by atoms with Crippen LogP contribution in [0.15, 0.2) is 18.2 Å². The number of carbonyl (C=O) groups excluding carboxylic acids is 3. The van der Waals surface area contributed by atoms with E-state index in [-0.39, 0.29) is 36.3 Å². The molecule has 0 unspecified atom stereocenters. The minimum atomic E-state index is -1.42. The molecule has 1 aliphatic carbocycles. The van der Waals surface area contributed by atoms with E-state index < -0.39 is 30.1 Å². The van der Waals surface area contributed by atoms with Gasteiger partial charge in [0.05, 0.1) is 18.2 Å². The molecular formula is C29H36FN5O4S. The Kier molecular flexibility index (Phi) is 7.39. The second-order valence-corrected chi connectivity index (χ2v) is 12.8. The molecule has 3 saturated heterocycles. The number of amides is 2. The number of ketones is 1. The van der Waals surface area contributed by atoms with Gasteiger partial charge in [-0.05, 0) is 50.4 Å². The number of piperazine rings is 1. The van der Waals surface area contributed by atoms with Crippen LogP contribution in [-0.2, 0) is 14.3 Å². The average Bonchev–Trinajstić information content (AvgIpc) is 3.72. The topological polar surface area (TPSA) is 109 Å². The largest absolute Gasteiger partial charge is 0.366 e. The van der Waals surface area contributed by atoms with Crippen molar-refractivity contribution in [2.45, 2.75) is 56.8 Å². The van der Waals surface area contributed by atoms with E-state index in [1.807, 2.05) is 19.1 Å². The third-order valence-corrected chi connectivity index (χ3v) is 10.1. The third kappa shape index (κ3) is 4.81. The normalized spacial score (nSPS) is 26.5. The molecule has 6 rings (SSSR count). The molecule has 1 saturated carbocycles. The Labute approximate surface area is 237 Å². The zero-order valence-corrected chi connectivity index (χ0v) is 23.8. The van der Waals surface area contributed by atoms with Crippen LogP contribution in [0.5, 0.6) is 0 Å². The van der Waals surface area contributed by atoms with Crippen molar-refractivity contribution in [1.82, 2.24) is 14.8 Å². The Morgan fingerprint density at radius 1 is 1.18 bits per heavy atom. The Morgan fingerprint density at radius 3 is 2.60 bits per heavy atom. The van der Waals surface area contributed by atoms with Crippen molar-refractivity contribution in [3.8, 4) is 11.3 Å². The van der Waals surface area contributed by atoms with E-state index in [0.29, 0.717) is 5.56 Å². The molecule has 3 aliphatic heterocycles. The number of fused-ring (bicyclic) bond motifs is 1. The fourth-order valence-corrected chi connectivity index (χ4v) is 7.84. The first kappa shape index (κ1) is 27.3. The number of rotatable bonds is 6. The highest BCUT2D eigenvalue weighted by atomic mass is 32.1. The van der Waals surface area contributed by atoms with Gasteiger partial charge in [-0.3, -0.25) is 14.4 Å². The van der Waals surface area contributed by atoms with Crippen molar-refractivity contribution in [2.24, 2.45) is 11.7 Å². The number of aromatic nitrogens is 1. The van der Waals surface area contributed by atoms with Crippen molar-refractivity contribution in [3.63, 3.8) is 0 Å². The first-order chi connectivity index (χ1) is 19.2. The average molecular weight is 570 g/mol. The first-order valence-corrected chi connectivity index (χ1v) is 15.0.